The van der Waals surface area contributed by atoms with Crippen LogP contribution in [0.2, 0.25) is 0 Å². The van der Waals surface area contributed by atoms with Gasteiger partial charge in [-0.1, -0.05) is 27.2 Å². The largest absolute Gasteiger partial charge is 0.506 e. The second-order valence-electron chi connectivity index (χ2n) is 6.80. The molecule has 1 aromatic heterocycles. The first-order valence-corrected chi connectivity index (χ1v) is 7.87. The van der Waals surface area contributed by atoms with Crippen molar-refractivity contribution in [1.82, 2.24) is 10.3 Å². The quantitative estimate of drug-likeness (QED) is 0.892. The molecule has 0 spiro atoms. The summed E-state index contributed by atoms with van der Waals surface area (Å²) in [6.45, 7) is 6.94. The Labute approximate surface area is 127 Å². The van der Waals surface area contributed by atoms with E-state index in [0.717, 1.165) is 18.8 Å². The van der Waals surface area contributed by atoms with Crippen molar-refractivity contribution in [2.45, 2.75) is 58.9 Å². The molecule has 2 N–H and O–H groups in total. The van der Waals surface area contributed by atoms with E-state index in [1.807, 2.05) is 0 Å². The Morgan fingerprint density at radius 2 is 2.00 bits per heavy atom. The van der Waals surface area contributed by atoms with Crippen LogP contribution in [0.5, 0.6) is 5.75 Å². The first kappa shape index (κ1) is 15.8. The molecule has 0 bridgehead atoms. The number of hydrogen-bond donors (Lipinski definition) is 2. The van der Waals surface area contributed by atoms with E-state index < -0.39 is 0 Å². The highest BCUT2D eigenvalue weighted by Gasteiger charge is 2.32. The lowest BCUT2D eigenvalue weighted by molar-refractivity contribution is 0.0892. The molecule has 1 heterocycles. The molecular weight excluding hydrogens is 264 g/mol. The average molecular weight is 290 g/mol. The summed E-state index contributed by atoms with van der Waals surface area (Å²) in [5, 5.41) is 12.4. The minimum absolute atomic E-state index is 0.0241. The molecule has 1 fully saturated rings. The summed E-state index contributed by atoms with van der Waals surface area (Å²) in [6.07, 6.45) is 8.42. The van der Waals surface area contributed by atoms with Crippen molar-refractivity contribution < 1.29 is 9.90 Å². The van der Waals surface area contributed by atoms with Gasteiger partial charge in [0.2, 0.25) is 0 Å². The molecule has 4 heteroatoms. The Balaban J connectivity index is 1.88. The maximum absolute atomic E-state index is 12.1. The molecule has 2 rings (SSSR count). The van der Waals surface area contributed by atoms with Crippen LogP contribution < -0.4 is 5.32 Å². The van der Waals surface area contributed by atoms with Crippen molar-refractivity contribution in [2.24, 2.45) is 11.3 Å². The number of amides is 1. The number of carbonyl (C=O) groups excluding carboxylic acids is 1. The summed E-state index contributed by atoms with van der Waals surface area (Å²) in [6, 6.07) is 1.69. The fourth-order valence-electron chi connectivity index (χ4n) is 3.13. The third-order valence-corrected chi connectivity index (χ3v) is 5.06. The van der Waals surface area contributed by atoms with Crippen LogP contribution in [0.3, 0.4) is 0 Å². The molecule has 21 heavy (non-hydrogen) atoms. The van der Waals surface area contributed by atoms with E-state index >= 15 is 0 Å². The van der Waals surface area contributed by atoms with Crippen LogP contribution in [-0.2, 0) is 0 Å². The molecule has 0 unspecified atom stereocenters. The highest BCUT2D eigenvalue weighted by molar-refractivity contribution is 5.94. The summed E-state index contributed by atoms with van der Waals surface area (Å²) in [4.78, 5) is 16.0. The van der Waals surface area contributed by atoms with Gasteiger partial charge in [-0.3, -0.25) is 9.78 Å². The molecule has 1 saturated carbocycles. The first-order valence-electron chi connectivity index (χ1n) is 7.87. The van der Waals surface area contributed by atoms with Gasteiger partial charge in [0.25, 0.3) is 5.91 Å². The number of carbonyl (C=O) groups is 1. The highest BCUT2D eigenvalue weighted by Crippen LogP contribution is 2.40. The lowest BCUT2D eigenvalue weighted by Crippen LogP contribution is -2.39. The van der Waals surface area contributed by atoms with Crippen LogP contribution in [0.4, 0.5) is 0 Å². The summed E-state index contributed by atoms with van der Waals surface area (Å²) in [7, 11) is 0. The van der Waals surface area contributed by atoms with Gasteiger partial charge in [0.1, 0.15) is 5.75 Å². The van der Waals surface area contributed by atoms with Crippen molar-refractivity contribution >= 4 is 5.91 Å². The van der Waals surface area contributed by atoms with E-state index in [4.69, 9.17) is 0 Å². The number of pyridine rings is 1. The van der Waals surface area contributed by atoms with E-state index in [1.54, 1.807) is 0 Å². The van der Waals surface area contributed by atoms with Gasteiger partial charge >= 0.3 is 0 Å². The number of aromatic hydroxyl groups is 1. The molecule has 1 amide bonds. The normalized spacial score (nSPS) is 22.8. The van der Waals surface area contributed by atoms with Crippen molar-refractivity contribution in [3.05, 3.63) is 24.0 Å². The summed E-state index contributed by atoms with van der Waals surface area (Å²) in [5.74, 6) is 0.630. The van der Waals surface area contributed by atoms with Crippen LogP contribution in [0, 0.1) is 11.3 Å². The molecule has 4 nitrogen and oxygen atoms in total. The molecule has 0 aromatic carbocycles. The SMILES string of the molecule is CCC(C)(C)C1CCC(NC(=O)c2cncc(O)c2)CC1. The lowest BCUT2D eigenvalue weighted by Gasteiger charge is -2.39. The molecule has 1 aromatic rings. The van der Waals surface area contributed by atoms with Gasteiger partial charge < -0.3 is 10.4 Å². The number of nitrogens with zero attached hydrogens (tertiary/aromatic N) is 1. The summed E-state index contributed by atoms with van der Waals surface area (Å²) in [5.41, 5.74) is 0.815. The molecule has 1 aliphatic rings. The van der Waals surface area contributed by atoms with Crippen LogP contribution in [0.25, 0.3) is 0 Å². The van der Waals surface area contributed by atoms with E-state index in [0.29, 0.717) is 11.0 Å². The zero-order valence-electron chi connectivity index (χ0n) is 13.2. The van der Waals surface area contributed by atoms with E-state index in [2.05, 4.69) is 31.1 Å². The zero-order valence-corrected chi connectivity index (χ0v) is 13.2. The maximum Gasteiger partial charge on any atom is 0.253 e. The molecule has 1 aliphatic carbocycles. The first-order chi connectivity index (χ1) is 9.92. The van der Waals surface area contributed by atoms with Gasteiger partial charge in [-0.2, -0.15) is 0 Å². The number of aromatic nitrogens is 1. The summed E-state index contributed by atoms with van der Waals surface area (Å²) >= 11 is 0. The Kier molecular flexibility index (Phi) is 4.86. The Hall–Kier alpha value is -1.58. The van der Waals surface area contributed by atoms with Crippen LogP contribution in [0.15, 0.2) is 18.5 Å². The van der Waals surface area contributed by atoms with Crippen molar-refractivity contribution in [1.29, 1.82) is 0 Å². The van der Waals surface area contributed by atoms with E-state index in [-0.39, 0.29) is 17.7 Å². The highest BCUT2D eigenvalue weighted by atomic mass is 16.3. The third kappa shape index (κ3) is 3.96. The fourth-order valence-corrected chi connectivity index (χ4v) is 3.13. The van der Waals surface area contributed by atoms with Crippen LogP contribution >= 0.6 is 0 Å². The van der Waals surface area contributed by atoms with Crippen LogP contribution in [-0.4, -0.2) is 22.0 Å². The number of nitrogens with one attached hydrogen (secondary N) is 1. The van der Waals surface area contributed by atoms with Gasteiger partial charge in [0.15, 0.2) is 0 Å². The van der Waals surface area contributed by atoms with Gasteiger partial charge in [-0.25, -0.2) is 0 Å². The van der Waals surface area contributed by atoms with Crippen LogP contribution in [0.1, 0.15) is 63.2 Å². The van der Waals surface area contributed by atoms with Crippen molar-refractivity contribution in [3.63, 3.8) is 0 Å². The molecule has 0 saturated heterocycles. The van der Waals surface area contributed by atoms with E-state index in [1.165, 1.54) is 37.7 Å². The number of rotatable bonds is 4. The van der Waals surface area contributed by atoms with Gasteiger partial charge in [-0.15, -0.1) is 0 Å². The van der Waals surface area contributed by atoms with Crippen molar-refractivity contribution in [3.8, 4) is 5.75 Å². The summed E-state index contributed by atoms with van der Waals surface area (Å²) < 4.78 is 0. The Bertz CT molecular complexity index is 491. The smallest absolute Gasteiger partial charge is 0.253 e. The van der Waals surface area contributed by atoms with Crippen molar-refractivity contribution in [2.75, 3.05) is 0 Å². The van der Waals surface area contributed by atoms with E-state index in [9.17, 15) is 9.90 Å². The average Bonchev–Trinajstić information content (AvgIpc) is 2.48. The lowest BCUT2D eigenvalue weighted by atomic mass is 9.69. The monoisotopic (exact) mass is 290 g/mol. The van der Waals surface area contributed by atoms with Gasteiger partial charge in [0, 0.05) is 12.2 Å². The predicted molar refractivity (Wildman–Crippen MR) is 83.2 cm³/mol. The predicted octanol–water partition coefficient (Wildman–Crippen LogP) is 3.51. The third-order valence-electron chi connectivity index (χ3n) is 5.06. The second-order valence-corrected chi connectivity index (χ2v) is 6.80. The number of hydrogen-bond acceptors (Lipinski definition) is 3. The minimum atomic E-state index is -0.142. The minimum Gasteiger partial charge on any atom is -0.506 e. The second kappa shape index (κ2) is 6.46. The van der Waals surface area contributed by atoms with Gasteiger partial charge in [0.05, 0.1) is 11.8 Å². The molecule has 0 aliphatic heterocycles. The Morgan fingerprint density at radius 1 is 1.33 bits per heavy atom. The topological polar surface area (TPSA) is 62.2 Å². The molecule has 0 atom stereocenters. The maximum atomic E-state index is 12.1. The standard InChI is InChI=1S/C17H26N2O2/c1-4-17(2,3)13-5-7-14(8-6-13)19-16(21)12-9-15(20)11-18-10-12/h9-11,13-14,20H,4-8H2,1-3H3,(H,19,21). The fraction of sp³-hybridized carbons (Fsp3) is 0.647. The van der Waals surface area contributed by atoms with Gasteiger partial charge in [-0.05, 0) is 43.1 Å². The molecular formula is C17H26N2O2. The molecule has 116 valence electrons. The zero-order chi connectivity index (χ0) is 15.5. The Morgan fingerprint density at radius 3 is 2.57 bits per heavy atom. The molecule has 0 radical (unpaired) electrons.